The lowest BCUT2D eigenvalue weighted by molar-refractivity contribution is 0.465. The fourth-order valence-electron chi connectivity index (χ4n) is 2.71. The number of aromatic nitrogens is 1. The Labute approximate surface area is 105 Å². The quantitative estimate of drug-likeness (QED) is 0.832. The monoisotopic (exact) mass is 243 g/mol. The average molecular weight is 243 g/mol. The van der Waals surface area contributed by atoms with Crippen molar-refractivity contribution >= 4 is 0 Å². The molecule has 1 aliphatic carbocycles. The summed E-state index contributed by atoms with van der Waals surface area (Å²) in [6.45, 7) is 0. The molecule has 92 valence electrons. The van der Waals surface area contributed by atoms with Crippen LogP contribution in [0.5, 0.6) is 5.75 Å². The Balaban J connectivity index is 2.08. The van der Waals surface area contributed by atoms with Gasteiger partial charge in [0.2, 0.25) is 0 Å². The van der Waals surface area contributed by atoms with Gasteiger partial charge in [-0.05, 0) is 42.5 Å². The first-order chi connectivity index (χ1) is 8.75. The van der Waals surface area contributed by atoms with Crippen LogP contribution < -0.4 is 0 Å². The van der Waals surface area contributed by atoms with Gasteiger partial charge in [-0.15, -0.1) is 0 Å². The molecule has 1 heterocycles. The number of hydrogen-bond donors (Lipinski definition) is 1. The van der Waals surface area contributed by atoms with Crippen LogP contribution in [-0.4, -0.2) is 10.1 Å². The van der Waals surface area contributed by atoms with Gasteiger partial charge in [0.05, 0.1) is 5.69 Å². The minimum atomic E-state index is -0.349. The number of nitrogens with zero attached hydrogens (tertiary/aromatic N) is 1. The fraction of sp³-hybridized carbons (Fsp3) is 0.267. The maximum Gasteiger partial charge on any atom is 0.130 e. The maximum absolute atomic E-state index is 13.9. The number of fused-ring (bicyclic) bond motifs is 1. The molecule has 1 aromatic carbocycles. The summed E-state index contributed by atoms with van der Waals surface area (Å²) in [4.78, 5) is 4.41. The number of aromatic hydroxyl groups is 1. The predicted molar refractivity (Wildman–Crippen MR) is 67.1 cm³/mol. The van der Waals surface area contributed by atoms with E-state index >= 15 is 0 Å². The molecule has 0 fully saturated rings. The number of hydrogen-bond acceptors (Lipinski definition) is 2. The zero-order valence-corrected chi connectivity index (χ0v) is 9.94. The van der Waals surface area contributed by atoms with Crippen molar-refractivity contribution < 1.29 is 9.50 Å². The van der Waals surface area contributed by atoms with Crippen molar-refractivity contribution in [3.05, 3.63) is 59.2 Å². The van der Waals surface area contributed by atoms with Gasteiger partial charge in [0, 0.05) is 18.2 Å². The number of phenols is 1. The van der Waals surface area contributed by atoms with E-state index in [1.165, 1.54) is 17.7 Å². The van der Waals surface area contributed by atoms with E-state index < -0.39 is 0 Å². The molecule has 1 aromatic heterocycles. The molecule has 3 rings (SSSR count). The molecule has 0 saturated heterocycles. The van der Waals surface area contributed by atoms with Crippen molar-refractivity contribution in [3.8, 4) is 5.75 Å². The van der Waals surface area contributed by atoms with Gasteiger partial charge >= 0.3 is 0 Å². The van der Waals surface area contributed by atoms with E-state index in [-0.39, 0.29) is 17.5 Å². The summed E-state index contributed by atoms with van der Waals surface area (Å²) >= 11 is 0. The lowest BCUT2D eigenvalue weighted by Gasteiger charge is -2.24. The number of rotatable bonds is 1. The molecule has 1 aliphatic rings. The lowest BCUT2D eigenvalue weighted by atomic mass is 9.82. The summed E-state index contributed by atoms with van der Waals surface area (Å²) in [7, 11) is 0. The molecule has 1 atom stereocenters. The van der Waals surface area contributed by atoms with Crippen molar-refractivity contribution in [2.45, 2.75) is 25.2 Å². The van der Waals surface area contributed by atoms with E-state index in [9.17, 15) is 9.50 Å². The van der Waals surface area contributed by atoms with Gasteiger partial charge in [0.15, 0.2) is 0 Å². The Morgan fingerprint density at radius 3 is 3.00 bits per heavy atom. The summed E-state index contributed by atoms with van der Waals surface area (Å²) in [6.07, 6.45) is 4.73. The van der Waals surface area contributed by atoms with Gasteiger partial charge in [0.1, 0.15) is 11.6 Å². The highest BCUT2D eigenvalue weighted by Crippen LogP contribution is 2.36. The van der Waals surface area contributed by atoms with E-state index in [1.54, 1.807) is 12.3 Å². The summed E-state index contributed by atoms with van der Waals surface area (Å²) in [5, 5.41) is 9.28. The Bertz CT molecular complexity index is 582. The summed E-state index contributed by atoms with van der Waals surface area (Å²) in [5.74, 6) is -0.373. The van der Waals surface area contributed by atoms with E-state index in [0.717, 1.165) is 25.0 Å². The zero-order chi connectivity index (χ0) is 12.5. The van der Waals surface area contributed by atoms with Gasteiger partial charge in [-0.25, -0.2) is 4.39 Å². The van der Waals surface area contributed by atoms with Crippen LogP contribution in [0.15, 0.2) is 36.5 Å². The second kappa shape index (κ2) is 4.41. The summed E-state index contributed by atoms with van der Waals surface area (Å²) < 4.78 is 13.9. The molecular formula is C15H14FNO. The highest BCUT2D eigenvalue weighted by atomic mass is 19.1. The average Bonchev–Trinajstić information content (AvgIpc) is 2.38. The number of halogens is 1. The van der Waals surface area contributed by atoms with Crippen molar-refractivity contribution in [1.82, 2.24) is 4.98 Å². The first-order valence-corrected chi connectivity index (χ1v) is 6.18. The minimum Gasteiger partial charge on any atom is -0.508 e. The van der Waals surface area contributed by atoms with Crippen molar-refractivity contribution in [2.75, 3.05) is 0 Å². The molecule has 0 aliphatic heterocycles. The smallest absolute Gasteiger partial charge is 0.130 e. The molecule has 0 bridgehead atoms. The Hall–Kier alpha value is -1.90. The number of phenolic OH excluding ortho intramolecular Hbond substituents is 1. The largest absolute Gasteiger partial charge is 0.508 e. The highest BCUT2D eigenvalue weighted by molar-refractivity contribution is 5.38. The molecule has 0 amide bonds. The van der Waals surface area contributed by atoms with Gasteiger partial charge in [-0.1, -0.05) is 12.1 Å². The third-order valence-corrected chi connectivity index (χ3v) is 3.55. The predicted octanol–water partition coefficient (Wildman–Crippen LogP) is 3.39. The molecule has 1 unspecified atom stereocenters. The summed E-state index contributed by atoms with van der Waals surface area (Å²) in [5.41, 5.74) is 2.82. The van der Waals surface area contributed by atoms with Crippen LogP contribution in [-0.2, 0) is 6.42 Å². The molecule has 2 aromatic rings. The topological polar surface area (TPSA) is 33.1 Å². The molecular weight excluding hydrogens is 229 g/mol. The van der Waals surface area contributed by atoms with Crippen LogP contribution in [0.1, 0.15) is 35.6 Å². The SMILES string of the molecule is Oc1ccc(C2CCCc3cccnc32)c(F)c1. The zero-order valence-electron chi connectivity index (χ0n) is 9.94. The van der Waals surface area contributed by atoms with Crippen LogP contribution in [0.4, 0.5) is 4.39 Å². The van der Waals surface area contributed by atoms with Gasteiger partial charge in [-0.2, -0.15) is 0 Å². The van der Waals surface area contributed by atoms with Crippen LogP contribution >= 0.6 is 0 Å². The lowest BCUT2D eigenvalue weighted by Crippen LogP contribution is -2.14. The first-order valence-electron chi connectivity index (χ1n) is 6.18. The van der Waals surface area contributed by atoms with Crippen molar-refractivity contribution in [1.29, 1.82) is 0 Å². The summed E-state index contributed by atoms with van der Waals surface area (Å²) in [6, 6.07) is 8.36. The molecule has 0 radical (unpaired) electrons. The Morgan fingerprint density at radius 1 is 1.28 bits per heavy atom. The fourth-order valence-corrected chi connectivity index (χ4v) is 2.71. The standard InChI is InChI=1S/C15H14FNO/c16-14-9-11(18)6-7-12(14)13-5-1-3-10-4-2-8-17-15(10)13/h2,4,6-9,13,18H,1,3,5H2. The molecule has 2 nitrogen and oxygen atoms in total. The Morgan fingerprint density at radius 2 is 2.17 bits per heavy atom. The second-order valence-corrected chi connectivity index (χ2v) is 4.70. The third kappa shape index (κ3) is 1.86. The number of aryl methyl sites for hydroxylation is 1. The number of benzene rings is 1. The molecule has 0 spiro atoms. The number of pyridine rings is 1. The molecule has 18 heavy (non-hydrogen) atoms. The van der Waals surface area contributed by atoms with E-state index in [0.29, 0.717) is 5.56 Å². The van der Waals surface area contributed by atoms with Gasteiger partial charge in [-0.3, -0.25) is 4.98 Å². The molecule has 3 heteroatoms. The second-order valence-electron chi connectivity index (χ2n) is 4.70. The van der Waals surface area contributed by atoms with Crippen molar-refractivity contribution in [2.24, 2.45) is 0 Å². The highest BCUT2D eigenvalue weighted by Gasteiger charge is 2.25. The minimum absolute atomic E-state index is 0.00977. The van der Waals surface area contributed by atoms with E-state index in [1.807, 2.05) is 6.07 Å². The van der Waals surface area contributed by atoms with Gasteiger partial charge in [0.25, 0.3) is 0 Å². The van der Waals surface area contributed by atoms with Crippen LogP contribution in [0.25, 0.3) is 0 Å². The van der Waals surface area contributed by atoms with Crippen LogP contribution in [0.3, 0.4) is 0 Å². The van der Waals surface area contributed by atoms with E-state index in [2.05, 4.69) is 11.1 Å². The molecule has 1 N–H and O–H groups in total. The molecule has 0 saturated carbocycles. The Kier molecular flexibility index (Phi) is 2.74. The van der Waals surface area contributed by atoms with Gasteiger partial charge < -0.3 is 5.11 Å². The maximum atomic E-state index is 13.9. The van der Waals surface area contributed by atoms with Crippen molar-refractivity contribution in [3.63, 3.8) is 0 Å². The third-order valence-electron chi connectivity index (χ3n) is 3.55. The first kappa shape index (κ1) is 11.2. The normalized spacial score (nSPS) is 18.4. The van der Waals surface area contributed by atoms with Crippen LogP contribution in [0.2, 0.25) is 0 Å². The van der Waals surface area contributed by atoms with E-state index in [4.69, 9.17) is 0 Å². The van der Waals surface area contributed by atoms with Crippen LogP contribution in [0, 0.1) is 5.82 Å².